The molecule has 0 aromatic heterocycles. The van der Waals surface area contributed by atoms with Crippen molar-refractivity contribution in [3.63, 3.8) is 0 Å². The number of fused-ring (bicyclic) bond motifs is 9. The molecule has 1 unspecified atom stereocenters. The van der Waals surface area contributed by atoms with Gasteiger partial charge in [-0.3, -0.25) is 4.79 Å². The number of carbonyl (C=O) groups is 1. The molecule has 8 heterocycles. The van der Waals surface area contributed by atoms with Crippen molar-refractivity contribution in [3.05, 3.63) is 24.3 Å². The van der Waals surface area contributed by atoms with E-state index in [-0.39, 0.29) is 104 Å². The van der Waals surface area contributed by atoms with E-state index in [1.807, 2.05) is 6.92 Å². The van der Waals surface area contributed by atoms with Crippen LogP contribution in [0.4, 0.5) is 0 Å². The summed E-state index contributed by atoms with van der Waals surface area (Å²) < 4.78 is 52.8. The molecule has 292 valence electrons. The second kappa shape index (κ2) is 15.4. The monoisotopic (exact) mass is 729 g/mol. The van der Waals surface area contributed by atoms with E-state index in [9.17, 15) is 15.0 Å². The number of ether oxygens (including phenoxy) is 8. The van der Waals surface area contributed by atoms with Crippen molar-refractivity contribution in [1.29, 1.82) is 0 Å². The third-order valence-corrected chi connectivity index (χ3v) is 13.8. The minimum Gasteiger partial charge on any atom is -0.850 e. The largest absolute Gasteiger partial charge is 0.850 e. The van der Waals surface area contributed by atoms with Gasteiger partial charge >= 0.3 is 0 Å². The van der Waals surface area contributed by atoms with Gasteiger partial charge in [0.1, 0.15) is 11.9 Å². The first kappa shape index (κ1) is 37.7. The maximum absolute atomic E-state index is 14.0. The Morgan fingerprint density at radius 3 is 2.44 bits per heavy atom. The molecule has 0 aromatic carbocycles. The molecule has 10 bridgehead atoms. The van der Waals surface area contributed by atoms with Crippen molar-refractivity contribution in [3.8, 4) is 0 Å². The highest BCUT2D eigenvalue weighted by molar-refractivity contribution is 5.79. The van der Waals surface area contributed by atoms with Crippen LogP contribution in [0, 0.1) is 11.8 Å². The lowest BCUT2D eigenvalue weighted by Crippen LogP contribution is -2.59. The Hall–Kier alpha value is -1.25. The highest BCUT2D eigenvalue weighted by Gasteiger charge is 2.57. The molecule has 11 heteroatoms. The van der Waals surface area contributed by atoms with Gasteiger partial charge in [0.25, 0.3) is 0 Å². The number of aliphatic hydroxyl groups excluding tert-OH is 1. The van der Waals surface area contributed by atoms with Crippen LogP contribution < -0.4 is 5.11 Å². The van der Waals surface area contributed by atoms with Crippen LogP contribution in [0.3, 0.4) is 0 Å². The highest BCUT2D eigenvalue weighted by atomic mass is 16.7. The number of Topliss-reactive ketones (excluding diaryl/α,β-unsaturated/α-hetero) is 1. The summed E-state index contributed by atoms with van der Waals surface area (Å²) in [7, 11) is 1.68. The summed E-state index contributed by atoms with van der Waals surface area (Å²) in [5, 5.41) is 24.0. The smallest absolute Gasteiger partial charge is 0.168 e. The Balaban J connectivity index is 1.06. The molecule has 8 aliphatic heterocycles. The topological polar surface area (TPSA) is 134 Å². The fourth-order valence-corrected chi connectivity index (χ4v) is 10.9. The molecule has 18 atom stereocenters. The molecule has 0 saturated carbocycles. The number of ketones is 1. The van der Waals surface area contributed by atoms with Crippen LogP contribution in [-0.4, -0.2) is 115 Å². The molecule has 52 heavy (non-hydrogen) atoms. The molecular formula is C41H61O11-. The zero-order chi connectivity index (χ0) is 36.3. The van der Waals surface area contributed by atoms with Gasteiger partial charge in [-0.2, -0.15) is 0 Å². The maximum Gasteiger partial charge on any atom is 0.168 e. The average molecular weight is 730 g/mol. The Morgan fingerprint density at radius 1 is 0.846 bits per heavy atom. The molecule has 8 aliphatic rings. The molecule has 8 saturated heterocycles. The predicted octanol–water partition coefficient (Wildman–Crippen LogP) is 4.24. The van der Waals surface area contributed by atoms with Gasteiger partial charge in [0.2, 0.25) is 0 Å². The number of rotatable bonds is 4. The molecule has 0 aromatic rings. The van der Waals surface area contributed by atoms with Gasteiger partial charge < -0.3 is 48.1 Å². The summed E-state index contributed by atoms with van der Waals surface area (Å²) in [5.74, 6) is -0.811. The zero-order valence-electron chi connectivity index (χ0n) is 31.4. The Labute approximate surface area is 309 Å². The number of aliphatic hydroxyl groups is 1. The first-order valence-electron chi connectivity index (χ1n) is 20.4. The zero-order valence-corrected chi connectivity index (χ0v) is 31.4. The van der Waals surface area contributed by atoms with Gasteiger partial charge in [-0.25, -0.2) is 0 Å². The van der Waals surface area contributed by atoms with Gasteiger partial charge in [0.05, 0.1) is 79.4 Å². The minimum absolute atomic E-state index is 0.0166. The van der Waals surface area contributed by atoms with Crippen LogP contribution >= 0.6 is 0 Å². The van der Waals surface area contributed by atoms with E-state index in [1.54, 1.807) is 7.11 Å². The molecule has 8 fully saturated rings. The van der Waals surface area contributed by atoms with Gasteiger partial charge in [-0.1, -0.05) is 33.1 Å². The number of hydrogen-bond acceptors (Lipinski definition) is 11. The molecule has 1 spiro atoms. The summed E-state index contributed by atoms with van der Waals surface area (Å²) in [5.41, 5.74) is 2.17. The second-order valence-electron chi connectivity index (χ2n) is 17.4. The molecule has 0 radical (unpaired) electrons. The summed E-state index contributed by atoms with van der Waals surface area (Å²) in [6.07, 6.45) is 4.46. The second-order valence-corrected chi connectivity index (χ2v) is 17.4. The van der Waals surface area contributed by atoms with E-state index in [0.717, 1.165) is 43.3 Å². The highest BCUT2D eigenvalue weighted by Crippen LogP contribution is 2.49. The molecule has 11 nitrogen and oxygen atoms in total. The molecule has 0 aliphatic carbocycles. The van der Waals surface area contributed by atoms with Crippen molar-refractivity contribution < 1.29 is 52.9 Å². The standard InChI is InChI=1S/C41H61O11/c1-6-24(42)17-35-38(45-5)29-16-25(43)15-27-8-10-32-40(48-27)37-19-36(49-32)39-30(44)20-41(51-37,52-39)12-11-28-14-22(3)31(46-28)9-7-26-13-21(2)23(4)33(47-26)18-34(29)50-35/h21,24,26-40,42H,3-4,6-20H2,1-2,5H3/q-1/t21-,24-,26+,27-,28?,29+,30-,31+,32+,33-,34+,35-,36-,37-,38-,39+,40+,41-/m1/s1. The van der Waals surface area contributed by atoms with Crippen molar-refractivity contribution in [1.82, 2.24) is 0 Å². The third kappa shape index (κ3) is 7.50. The van der Waals surface area contributed by atoms with Crippen molar-refractivity contribution in [2.24, 2.45) is 11.8 Å². The Morgan fingerprint density at radius 2 is 1.63 bits per heavy atom. The molecule has 8 rings (SSSR count). The van der Waals surface area contributed by atoms with Crippen LogP contribution in [-0.2, 0) is 42.7 Å². The van der Waals surface area contributed by atoms with Crippen molar-refractivity contribution >= 4 is 5.78 Å². The predicted molar refractivity (Wildman–Crippen MR) is 187 cm³/mol. The van der Waals surface area contributed by atoms with Gasteiger partial charge in [0.15, 0.2) is 5.79 Å². The van der Waals surface area contributed by atoms with E-state index < -0.39 is 24.1 Å². The van der Waals surface area contributed by atoms with E-state index in [4.69, 9.17) is 37.9 Å². The lowest BCUT2D eigenvalue weighted by atomic mass is 9.81. The normalized spacial score (nSPS) is 50.4. The van der Waals surface area contributed by atoms with Gasteiger partial charge in [-0.15, -0.1) is 0 Å². The number of hydrogen-bond donors (Lipinski definition) is 1. The van der Waals surface area contributed by atoms with E-state index in [2.05, 4.69) is 20.1 Å². The third-order valence-electron chi connectivity index (χ3n) is 13.8. The first-order chi connectivity index (χ1) is 25.0. The van der Waals surface area contributed by atoms with Crippen molar-refractivity contribution in [2.45, 2.75) is 208 Å². The van der Waals surface area contributed by atoms with Crippen LogP contribution in [0.25, 0.3) is 0 Å². The first-order valence-corrected chi connectivity index (χ1v) is 20.4. The minimum atomic E-state index is -1.00. The van der Waals surface area contributed by atoms with E-state index >= 15 is 0 Å². The summed E-state index contributed by atoms with van der Waals surface area (Å²) in [4.78, 5) is 14.0. The average Bonchev–Trinajstić information content (AvgIpc) is 3.72. The van der Waals surface area contributed by atoms with Gasteiger partial charge in [-0.05, 0) is 74.9 Å². The van der Waals surface area contributed by atoms with E-state index in [1.165, 1.54) is 0 Å². The fraction of sp³-hybridized carbons (Fsp3) is 0.878. The Kier molecular flexibility index (Phi) is 11.1. The summed E-state index contributed by atoms with van der Waals surface area (Å²) in [6.45, 7) is 13.1. The SMILES string of the molecule is C=C1CC2CC[C@]34C[C@@H]([O-])[C@H](O3)[C@H]3C[C@@H](O4)[C@H]4O[C@H](CC[C@@H]4O3)CC(=O)C[C@@H]3[C@@H](OC)[C@@H](C[C@H](O)CC)O[C@H]3C[C@H]3O[C@@H](CC[C@@H]1O2)C[C@@H](C)C3=C. The molecule has 0 amide bonds. The van der Waals surface area contributed by atoms with Crippen LogP contribution in [0.5, 0.6) is 0 Å². The van der Waals surface area contributed by atoms with Crippen LogP contribution in [0.1, 0.15) is 110 Å². The summed E-state index contributed by atoms with van der Waals surface area (Å²) in [6, 6.07) is 0. The maximum atomic E-state index is 14.0. The lowest BCUT2D eigenvalue weighted by Gasteiger charge is -2.48. The van der Waals surface area contributed by atoms with E-state index in [0.29, 0.717) is 51.4 Å². The van der Waals surface area contributed by atoms with Crippen LogP contribution in [0.2, 0.25) is 0 Å². The number of methoxy groups -OCH3 is 1. The van der Waals surface area contributed by atoms with Crippen LogP contribution in [0.15, 0.2) is 24.3 Å². The molecule has 1 N–H and O–H groups in total. The number of carbonyl (C=O) groups excluding carboxylic acids is 1. The fourth-order valence-electron chi connectivity index (χ4n) is 10.9. The lowest BCUT2D eigenvalue weighted by molar-refractivity contribution is -0.434. The molecular weight excluding hydrogens is 668 g/mol. The van der Waals surface area contributed by atoms with Gasteiger partial charge in [0, 0.05) is 51.6 Å². The van der Waals surface area contributed by atoms with Crippen molar-refractivity contribution in [2.75, 3.05) is 7.11 Å². The summed E-state index contributed by atoms with van der Waals surface area (Å²) >= 11 is 0. The quantitative estimate of drug-likeness (QED) is 0.417. The Bertz CT molecular complexity index is 1320.